The van der Waals surface area contributed by atoms with E-state index in [1.54, 1.807) is 0 Å². The molecule has 3 aliphatic rings. The lowest BCUT2D eigenvalue weighted by Crippen LogP contribution is -2.62. The maximum absolute atomic E-state index is 12.0. The van der Waals surface area contributed by atoms with Crippen molar-refractivity contribution in [2.24, 2.45) is 11.8 Å². The van der Waals surface area contributed by atoms with Crippen molar-refractivity contribution in [1.82, 2.24) is 10.2 Å². The first-order valence-corrected chi connectivity index (χ1v) is 8.87. The molecule has 0 aromatic heterocycles. The van der Waals surface area contributed by atoms with E-state index in [9.17, 15) is 9.90 Å². The topological polar surface area (TPSA) is 52.6 Å². The van der Waals surface area contributed by atoms with Crippen molar-refractivity contribution in [3.63, 3.8) is 0 Å². The fourth-order valence-electron chi connectivity index (χ4n) is 3.96. The van der Waals surface area contributed by atoms with E-state index >= 15 is 0 Å². The van der Waals surface area contributed by atoms with Crippen LogP contribution in [0.2, 0.25) is 0 Å². The molecule has 21 heavy (non-hydrogen) atoms. The highest BCUT2D eigenvalue weighted by Crippen LogP contribution is 2.42. The molecule has 0 bridgehead atoms. The second-order valence-electron chi connectivity index (χ2n) is 7.48. The number of aliphatic carboxylic acids is 1. The van der Waals surface area contributed by atoms with Crippen molar-refractivity contribution in [3.8, 4) is 0 Å². The van der Waals surface area contributed by atoms with E-state index in [1.165, 1.54) is 25.7 Å². The fraction of sp³-hybridized carbons (Fsp3) is 0.941. The van der Waals surface area contributed by atoms with Crippen LogP contribution in [0.25, 0.3) is 0 Å². The molecule has 3 rings (SSSR count). The Labute approximate surface area is 128 Å². The lowest BCUT2D eigenvalue weighted by Gasteiger charge is -2.39. The van der Waals surface area contributed by atoms with E-state index in [1.807, 2.05) is 0 Å². The molecule has 1 unspecified atom stereocenters. The van der Waals surface area contributed by atoms with Gasteiger partial charge in [0, 0.05) is 12.6 Å². The third kappa shape index (κ3) is 3.59. The Kier molecular flexibility index (Phi) is 4.55. The Morgan fingerprint density at radius 1 is 1.19 bits per heavy atom. The van der Waals surface area contributed by atoms with Gasteiger partial charge in [-0.15, -0.1) is 0 Å². The largest absolute Gasteiger partial charge is 0.480 e. The van der Waals surface area contributed by atoms with Gasteiger partial charge in [-0.25, -0.2) is 0 Å². The van der Waals surface area contributed by atoms with Crippen LogP contribution in [0.3, 0.4) is 0 Å². The molecule has 3 fully saturated rings. The Morgan fingerprint density at radius 2 is 1.86 bits per heavy atom. The van der Waals surface area contributed by atoms with Crippen molar-refractivity contribution in [2.75, 3.05) is 19.6 Å². The van der Waals surface area contributed by atoms with E-state index < -0.39 is 11.5 Å². The number of carboxylic acid groups (broad SMARTS) is 1. The summed E-state index contributed by atoms with van der Waals surface area (Å²) in [7, 11) is 0. The average molecular weight is 294 g/mol. The molecule has 1 heterocycles. The second kappa shape index (κ2) is 6.25. The minimum Gasteiger partial charge on any atom is -0.480 e. The molecule has 2 aliphatic carbocycles. The third-order valence-corrected chi connectivity index (χ3v) is 5.57. The molecular formula is C17H30N2O2. The minimum atomic E-state index is -0.668. The summed E-state index contributed by atoms with van der Waals surface area (Å²) < 4.78 is 0. The van der Waals surface area contributed by atoms with Crippen LogP contribution < -0.4 is 5.32 Å². The van der Waals surface area contributed by atoms with Crippen LogP contribution in [-0.4, -0.2) is 47.2 Å². The highest BCUT2D eigenvalue weighted by molar-refractivity contribution is 5.80. The van der Waals surface area contributed by atoms with Crippen molar-refractivity contribution >= 4 is 5.97 Å². The molecule has 4 nitrogen and oxygen atoms in total. The summed E-state index contributed by atoms with van der Waals surface area (Å²) in [4.78, 5) is 14.4. The fourth-order valence-corrected chi connectivity index (χ4v) is 3.96. The van der Waals surface area contributed by atoms with E-state index in [2.05, 4.69) is 17.1 Å². The third-order valence-electron chi connectivity index (χ3n) is 5.57. The van der Waals surface area contributed by atoms with Crippen LogP contribution in [0, 0.1) is 11.8 Å². The standard InChI is InChI=1S/C17H30N2O2/c1-2-3-13-8-10-19(11-9-13)12-17(16(20)21,14-4-5-14)18-15-6-7-15/h13-15,18H,2-12H2,1H3,(H,20,21). The first-order chi connectivity index (χ1) is 10.1. The second-order valence-corrected chi connectivity index (χ2v) is 7.48. The van der Waals surface area contributed by atoms with E-state index in [0.29, 0.717) is 18.5 Å². The maximum atomic E-state index is 12.0. The SMILES string of the molecule is CCCC1CCN(CC(NC2CC2)(C(=O)O)C2CC2)CC1. The van der Waals surface area contributed by atoms with Gasteiger partial charge in [0.15, 0.2) is 0 Å². The molecule has 0 radical (unpaired) electrons. The molecule has 0 aromatic carbocycles. The van der Waals surface area contributed by atoms with Crippen LogP contribution in [0.4, 0.5) is 0 Å². The van der Waals surface area contributed by atoms with Gasteiger partial charge in [0.1, 0.15) is 5.54 Å². The summed E-state index contributed by atoms with van der Waals surface area (Å²) in [6, 6.07) is 0.458. The zero-order valence-electron chi connectivity index (χ0n) is 13.3. The van der Waals surface area contributed by atoms with Gasteiger partial charge in [0.2, 0.25) is 0 Å². The number of piperidine rings is 1. The minimum absolute atomic E-state index is 0.351. The normalized spacial score (nSPS) is 27.5. The summed E-state index contributed by atoms with van der Waals surface area (Å²) in [5, 5.41) is 13.4. The number of rotatable bonds is 8. The first kappa shape index (κ1) is 15.3. The Bertz CT molecular complexity index is 371. The molecule has 4 heteroatoms. The number of nitrogens with zero attached hydrogens (tertiary/aromatic N) is 1. The van der Waals surface area contributed by atoms with Gasteiger partial charge in [0.25, 0.3) is 0 Å². The van der Waals surface area contributed by atoms with Crippen LogP contribution in [-0.2, 0) is 4.79 Å². The molecular weight excluding hydrogens is 264 g/mol. The molecule has 1 atom stereocenters. The summed E-state index contributed by atoms with van der Waals surface area (Å²) in [5.74, 6) is 0.597. The predicted molar refractivity (Wildman–Crippen MR) is 83.3 cm³/mol. The van der Waals surface area contributed by atoms with Crippen molar-refractivity contribution in [1.29, 1.82) is 0 Å². The Morgan fingerprint density at radius 3 is 2.33 bits per heavy atom. The smallest absolute Gasteiger partial charge is 0.325 e. The predicted octanol–water partition coefficient (Wildman–Crippen LogP) is 2.48. The lowest BCUT2D eigenvalue weighted by molar-refractivity contribution is -0.147. The summed E-state index contributed by atoms with van der Waals surface area (Å²) in [5.41, 5.74) is -0.668. The number of hydrogen-bond donors (Lipinski definition) is 2. The molecule has 1 saturated heterocycles. The van der Waals surface area contributed by atoms with Gasteiger partial charge in [-0.2, -0.15) is 0 Å². The zero-order chi connectivity index (χ0) is 14.9. The van der Waals surface area contributed by atoms with Gasteiger partial charge >= 0.3 is 5.97 Å². The van der Waals surface area contributed by atoms with Crippen molar-refractivity contribution in [3.05, 3.63) is 0 Å². The maximum Gasteiger partial charge on any atom is 0.325 e. The van der Waals surface area contributed by atoms with E-state index in [-0.39, 0.29) is 0 Å². The molecule has 1 aliphatic heterocycles. The summed E-state index contributed by atoms with van der Waals surface area (Å²) in [6.45, 7) is 5.13. The quantitative estimate of drug-likeness (QED) is 0.722. The van der Waals surface area contributed by atoms with Gasteiger partial charge in [-0.05, 0) is 63.5 Å². The number of carbonyl (C=O) groups is 1. The van der Waals surface area contributed by atoms with Gasteiger partial charge < -0.3 is 10.0 Å². The monoisotopic (exact) mass is 294 g/mol. The average Bonchev–Trinajstić information content (AvgIpc) is 3.34. The first-order valence-electron chi connectivity index (χ1n) is 8.87. The molecule has 0 amide bonds. The zero-order valence-corrected chi connectivity index (χ0v) is 13.3. The van der Waals surface area contributed by atoms with E-state index in [0.717, 1.165) is 44.7 Å². The van der Waals surface area contributed by atoms with Crippen LogP contribution in [0.5, 0.6) is 0 Å². The Hall–Kier alpha value is -0.610. The van der Waals surface area contributed by atoms with E-state index in [4.69, 9.17) is 0 Å². The highest BCUT2D eigenvalue weighted by Gasteiger charge is 2.54. The number of likely N-dealkylation sites (tertiary alicyclic amines) is 1. The molecule has 0 aromatic rings. The number of carboxylic acids is 1. The molecule has 0 spiro atoms. The van der Waals surface area contributed by atoms with Crippen molar-refractivity contribution < 1.29 is 9.90 Å². The highest BCUT2D eigenvalue weighted by atomic mass is 16.4. The van der Waals surface area contributed by atoms with Crippen LogP contribution in [0.1, 0.15) is 58.3 Å². The lowest BCUT2D eigenvalue weighted by atomic mass is 9.88. The Balaban J connectivity index is 1.60. The molecule has 120 valence electrons. The van der Waals surface area contributed by atoms with Crippen LogP contribution in [0.15, 0.2) is 0 Å². The summed E-state index contributed by atoms with van der Waals surface area (Å²) >= 11 is 0. The molecule has 2 N–H and O–H groups in total. The van der Waals surface area contributed by atoms with Crippen molar-refractivity contribution in [2.45, 2.75) is 69.9 Å². The van der Waals surface area contributed by atoms with Gasteiger partial charge in [-0.1, -0.05) is 19.8 Å². The van der Waals surface area contributed by atoms with Gasteiger partial charge in [-0.3, -0.25) is 10.1 Å². The summed E-state index contributed by atoms with van der Waals surface area (Å²) in [6.07, 6.45) is 9.57. The molecule has 2 saturated carbocycles. The number of nitrogens with one attached hydrogen (secondary N) is 1. The number of hydrogen-bond acceptors (Lipinski definition) is 3. The van der Waals surface area contributed by atoms with Gasteiger partial charge in [0.05, 0.1) is 0 Å². The van der Waals surface area contributed by atoms with Crippen LogP contribution >= 0.6 is 0 Å².